The molecule has 1 N–H and O–H groups in total. The van der Waals surface area contributed by atoms with Crippen LogP contribution in [0.4, 0.5) is 5.69 Å². The molecule has 0 radical (unpaired) electrons. The summed E-state index contributed by atoms with van der Waals surface area (Å²) in [6, 6.07) is 9.72. The predicted octanol–water partition coefficient (Wildman–Crippen LogP) is 4.21. The van der Waals surface area contributed by atoms with Crippen molar-refractivity contribution >= 4 is 34.4 Å². The fourth-order valence-electron chi connectivity index (χ4n) is 2.84. The quantitative estimate of drug-likeness (QED) is 0.818. The van der Waals surface area contributed by atoms with E-state index in [0.717, 1.165) is 16.1 Å². The third kappa shape index (κ3) is 3.37. The molecule has 0 aliphatic carbocycles. The number of amides is 2. The van der Waals surface area contributed by atoms with Crippen LogP contribution in [-0.4, -0.2) is 23.3 Å². The van der Waals surface area contributed by atoms with Crippen molar-refractivity contribution in [2.75, 3.05) is 11.9 Å². The summed E-state index contributed by atoms with van der Waals surface area (Å²) in [6.45, 7) is 8.50. The second kappa shape index (κ2) is 6.84. The Morgan fingerprint density at radius 3 is 2.44 bits per heavy atom. The van der Waals surface area contributed by atoms with E-state index in [1.165, 1.54) is 21.8 Å². The first-order valence-electron chi connectivity index (χ1n) is 8.37. The predicted molar refractivity (Wildman–Crippen MR) is 102 cm³/mol. The summed E-state index contributed by atoms with van der Waals surface area (Å²) in [5.41, 5.74) is 3.99. The van der Waals surface area contributed by atoms with E-state index in [4.69, 9.17) is 0 Å². The van der Waals surface area contributed by atoms with Gasteiger partial charge in [-0.15, -0.1) is 11.3 Å². The minimum absolute atomic E-state index is 0.215. The molecule has 25 heavy (non-hydrogen) atoms. The van der Waals surface area contributed by atoms with Crippen molar-refractivity contribution in [2.24, 2.45) is 5.92 Å². The van der Waals surface area contributed by atoms with Gasteiger partial charge in [0.15, 0.2) is 0 Å². The summed E-state index contributed by atoms with van der Waals surface area (Å²) in [5, 5.41) is 5.12. The number of carbonyl (C=O) groups is 2. The number of imide groups is 1. The Hall–Kier alpha value is -2.40. The maximum absolute atomic E-state index is 12.9. The summed E-state index contributed by atoms with van der Waals surface area (Å²) in [4.78, 5) is 28.0. The first kappa shape index (κ1) is 17.4. The number of nitrogens with one attached hydrogen (secondary N) is 1. The summed E-state index contributed by atoms with van der Waals surface area (Å²) in [7, 11) is 0. The minimum atomic E-state index is -0.250. The van der Waals surface area contributed by atoms with Crippen LogP contribution in [0.5, 0.6) is 0 Å². The fourth-order valence-corrected chi connectivity index (χ4v) is 3.60. The molecule has 1 aromatic carbocycles. The molecule has 130 valence electrons. The third-order valence-electron chi connectivity index (χ3n) is 4.26. The van der Waals surface area contributed by atoms with Crippen molar-refractivity contribution in [3.05, 3.63) is 57.4 Å². The molecule has 0 unspecified atom stereocenters. The van der Waals surface area contributed by atoms with Gasteiger partial charge in [-0.05, 0) is 54.5 Å². The molecule has 2 amide bonds. The van der Waals surface area contributed by atoms with E-state index in [1.54, 1.807) is 0 Å². The highest BCUT2D eigenvalue weighted by molar-refractivity contribution is 7.11. The lowest BCUT2D eigenvalue weighted by atomic mass is 10.1. The van der Waals surface area contributed by atoms with Gasteiger partial charge in [-0.3, -0.25) is 14.5 Å². The number of thiophene rings is 1. The molecule has 2 aromatic rings. The van der Waals surface area contributed by atoms with E-state index in [0.29, 0.717) is 17.8 Å². The van der Waals surface area contributed by atoms with Crippen molar-refractivity contribution in [2.45, 2.75) is 27.7 Å². The van der Waals surface area contributed by atoms with Crippen LogP contribution in [0.1, 0.15) is 29.9 Å². The third-order valence-corrected chi connectivity index (χ3v) is 5.15. The average Bonchev–Trinajstić information content (AvgIpc) is 3.14. The average molecular weight is 354 g/mol. The van der Waals surface area contributed by atoms with Gasteiger partial charge in [-0.1, -0.05) is 26.0 Å². The van der Waals surface area contributed by atoms with E-state index in [-0.39, 0.29) is 17.7 Å². The van der Waals surface area contributed by atoms with E-state index >= 15 is 0 Å². The Bertz CT molecular complexity index is 851. The Labute approximate surface area is 152 Å². The summed E-state index contributed by atoms with van der Waals surface area (Å²) in [6.07, 6.45) is 0. The second-order valence-corrected chi connectivity index (χ2v) is 7.71. The number of hydrogen-bond acceptors (Lipinski definition) is 4. The van der Waals surface area contributed by atoms with Gasteiger partial charge in [0.1, 0.15) is 5.70 Å². The zero-order valence-corrected chi connectivity index (χ0v) is 15.7. The van der Waals surface area contributed by atoms with E-state index in [9.17, 15) is 9.59 Å². The van der Waals surface area contributed by atoms with Crippen LogP contribution in [0, 0.1) is 19.8 Å². The zero-order chi connectivity index (χ0) is 18.1. The van der Waals surface area contributed by atoms with E-state index in [1.807, 2.05) is 63.4 Å². The van der Waals surface area contributed by atoms with Crippen molar-refractivity contribution in [1.82, 2.24) is 4.90 Å². The molecular formula is C20H22N2O2S. The molecule has 2 heterocycles. The van der Waals surface area contributed by atoms with Crippen LogP contribution in [0.15, 0.2) is 41.4 Å². The first-order chi connectivity index (χ1) is 11.9. The molecule has 1 aliphatic heterocycles. The summed E-state index contributed by atoms with van der Waals surface area (Å²) < 4.78 is 0. The number of anilines is 1. The molecule has 0 atom stereocenters. The maximum Gasteiger partial charge on any atom is 0.278 e. The molecule has 1 aromatic heterocycles. The normalized spacial score (nSPS) is 14.8. The Kier molecular flexibility index (Phi) is 4.77. The number of carbonyl (C=O) groups excluding carboxylic acids is 2. The van der Waals surface area contributed by atoms with Crippen LogP contribution >= 0.6 is 11.3 Å². The Morgan fingerprint density at radius 1 is 1.08 bits per heavy atom. The monoisotopic (exact) mass is 354 g/mol. The molecule has 0 saturated heterocycles. The second-order valence-electron chi connectivity index (χ2n) is 6.77. The fraction of sp³-hybridized carbons (Fsp3) is 0.300. The molecule has 0 fully saturated rings. The Morgan fingerprint density at radius 2 is 1.84 bits per heavy atom. The number of nitrogens with zero attached hydrogens (tertiary/aromatic N) is 1. The van der Waals surface area contributed by atoms with Crippen LogP contribution in [0.25, 0.3) is 5.57 Å². The van der Waals surface area contributed by atoms with Crippen LogP contribution < -0.4 is 5.32 Å². The van der Waals surface area contributed by atoms with Gasteiger partial charge in [-0.25, -0.2) is 0 Å². The molecule has 0 spiro atoms. The van der Waals surface area contributed by atoms with Gasteiger partial charge in [-0.2, -0.15) is 0 Å². The maximum atomic E-state index is 12.9. The summed E-state index contributed by atoms with van der Waals surface area (Å²) >= 11 is 1.47. The van der Waals surface area contributed by atoms with Crippen molar-refractivity contribution in [3.63, 3.8) is 0 Å². The van der Waals surface area contributed by atoms with Gasteiger partial charge in [0.2, 0.25) is 0 Å². The SMILES string of the molecule is Cc1ccc(NC2=C(c3cccs3)C(=O)N(CC(C)C)C2=O)cc1C. The number of benzene rings is 1. The smallest absolute Gasteiger partial charge is 0.278 e. The van der Waals surface area contributed by atoms with Crippen molar-refractivity contribution in [1.29, 1.82) is 0 Å². The van der Waals surface area contributed by atoms with Gasteiger partial charge in [0, 0.05) is 17.1 Å². The molecule has 3 rings (SSSR count). The Balaban J connectivity index is 2.02. The van der Waals surface area contributed by atoms with Gasteiger partial charge >= 0.3 is 0 Å². The molecule has 0 saturated carbocycles. The largest absolute Gasteiger partial charge is 0.350 e. The highest BCUT2D eigenvalue weighted by atomic mass is 32.1. The molecule has 1 aliphatic rings. The van der Waals surface area contributed by atoms with Gasteiger partial charge in [0.25, 0.3) is 11.8 Å². The van der Waals surface area contributed by atoms with Crippen LogP contribution in [0.3, 0.4) is 0 Å². The molecule has 5 heteroatoms. The topological polar surface area (TPSA) is 49.4 Å². The lowest BCUT2D eigenvalue weighted by molar-refractivity contribution is -0.137. The van der Waals surface area contributed by atoms with Gasteiger partial charge < -0.3 is 5.32 Å². The van der Waals surface area contributed by atoms with E-state index in [2.05, 4.69) is 5.32 Å². The van der Waals surface area contributed by atoms with Crippen LogP contribution in [-0.2, 0) is 9.59 Å². The zero-order valence-electron chi connectivity index (χ0n) is 14.9. The van der Waals surface area contributed by atoms with E-state index < -0.39 is 0 Å². The summed E-state index contributed by atoms with van der Waals surface area (Å²) in [5.74, 6) is -0.244. The highest BCUT2D eigenvalue weighted by Crippen LogP contribution is 2.33. The van der Waals surface area contributed by atoms with Gasteiger partial charge in [0.05, 0.1) is 5.57 Å². The lowest BCUT2D eigenvalue weighted by Gasteiger charge is -2.17. The molecule has 4 nitrogen and oxygen atoms in total. The number of rotatable bonds is 5. The minimum Gasteiger partial charge on any atom is -0.350 e. The number of hydrogen-bond donors (Lipinski definition) is 1. The van der Waals surface area contributed by atoms with Crippen molar-refractivity contribution in [3.8, 4) is 0 Å². The highest BCUT2D eigenvalue weighted by Gasteiger charge is 2.39. The number of aryl methyl sites for hydroxylation is 2. The lowest BCUT2D eigenvalue weighted by Crippen LogP contribution is -2.35. The van der Waals surface area contributed by atoms with Crippen molar-refractivity contribution < 1.29 is 9.59 Å². The van der Waals surface area contributed by atoms with Crippen LogP contribution in [0.2, 0.25) is 0 Å². The molecular weight excluding hydrogens is 332 g/mol. The first-order valence-corrected chi connectivity index (χ1v) is 9.25. The molecule has 0 bridgehead atoms. The standard InChI is InChI=1S/C20H22N2O2S/c1-12(2)11-22-19(23)17(16-6-5-9-25-16)18(20(22)24)21-15-8-7-13(3)14(4)10-15/h5-10,12,21H,11H2,1-4H3.